The van der Waals surface area contributed by atoms with Crippen molar-refractivity contribution >= 4 is 0 Å². The Morgan fingerprint density at radius 3 is 2.84 bits per heavy atom. The molecule has 1 fully saturated rings. The van der Waals surface area contributed by atoms with Crippen LogP contribution in [0, 0.1) is 0 Å². The summed E-state index contributed by atoms with van der Waals surface area (Å²) in [6.45, 7) is 9.69. The molecule has 1 aliphatic heterocycles. The van der Waals surface area contributed by atoms with Crippen LogP contribution in [-0.4, -0.2) is 46.0 Å². The highest BCUT2D eigenvalue weighted by Gasteiger charge is 2.32. The summed E-state index contributed by atoms with van der Waals surface area (Å²) in [5.74, 6) is 0. The molecule has 1 aromatic heterocycles. The first-order valence-corrected chi connectivity index (χ1v) is 7.05. The largest absolute Gasteiger partial charge is 0.368 e. The van der Waals surface area contributed by atoms with Crippen LogP contribution in [0.3, 0.4) is 0 Å². The van der Waals surface area contributed by atoms with Gasteiger partial charge in [-0.25, -0.2) is 0 Å². The minimum atomic E-state index is -0.130. The van der Waals surface area contributed by atoms with Crippen LogP contribution in [0.25, 0.3) is 0 Å². The van der Waals surface area contributed by atoms with Crippen LogP contribution in [0.4, 0.5) is 0 Å². The topological polar surface area (TPSA) is 56.3 Å². The molecule has 0 radical (unpaired) electrons. The van der Waals surface area contributed by atoms with E-state index in [2.05, 4.69) is 36.8 Å². The lowest BCUT2D eigenvalue weighted by Crippen LogP contribution is -2.54. The number of rotatable bonds is 4. The predicted octanol–water partition coefficient (Wildman–Crippen LogP) is 0.921. The van der Waals surface area contributed by atoms with E-state index in [0.29, 0.717) is 6.54 Å². The average molecular weight is 266 g/mol. The minimum Gasteiger partial charge on any atom is -0.368 e. The molecule has 2 rings (SSSR count). The molecule has 1 unspecified atom stereocenters. The van der Waals surface area contributed by atoms with Crippen molar-refractivity contribution in [2.75, 3.05) is 19.6 Å². The Morgan fingerprint density at radius 2 is 2.26 bits per heavy atom. The number of aryl methyl sites for hydroxylation is 2. The zero-order valence-corrected chi connectivity index (χ0v) is 12.5. The molecule has 0 bridgehead atoms. The number of morpholine rings is 1. The summed E-state index contributed by atoms with van der Waals surface area (Å²) in [5.41, 5.74) is 8.04. The lowest BCUT2D eigenvalue weighted by Gasteiger charge is -2.42. The molecule has 5 nitrogen and oxygen atoms in total. The SMILES string of the molecule is CCc1cc(CN2CC(CN)OC(C)(C)C2)n(C)n1. The molecule has 2 heterocycles. The van der Waals surface area contributed by atoms with Crippen molar-refractivity contribution < 1.29 is 4.74 Å². The molecule has 1 aliphatic rings. The normalized spacial score (nSPS) is 23.7. The van der Waals surface area contributed by atoms with Crippen LogP contribution in [0.15, 0.2) is 6.07 Å². The number of ether oxygens (including phenoxy) is 1. The summed E-state index contributed by atoms with van der Waals surface area (Å²) >= 11 is 0. The summed E-state index contributed by atoms with van der Waals surface area (Å²) < 4.78 is 7.94. The van der Waals surface area contributed by atoms with Crippen LogP contribution in [-0.2, 0) is 24.8 Å². The molecule has 1 saturated heterocycles. The molecular formula is C14H26N4O. The van der Waals surface area contributed by atoms with Crippen molar-refractivity contribution in [3.05, 3.63) is 17.5 Å². The molecule has 19 heavy (non-hydrogen) atoms. The molecule has 0 amide bonds. The maximum atomic E-state index is 5.96. The summed E-state index contributed by atoms with van der Waals surface area (Å²) in [6.07, 6.45) is 1.11. The molecule has 0 aliphatic carbocycles. The zero-order valence-electron chi connectivity index (χ0n) is 12.5. The number of hydrogen-bond acceptors (Lipinski definition) is 4. The zero-order chi connectivity index (χ0) is 14.0. The monoisotopic (exact) mass is 266 g/mol. The van der Waals surface area contributed by atoms with Crippen molar-refractivity contribution in [3.8, 4) is 0 Å². The van der Waals surface area contributed by atoms with Gasteiger partial charge in [0.05, 0.1) is 23.1 Å². The van der Waals surface area contributed by atoms with Gasteiger partial charge in [-0.15, -0.1) is 0 Å². The van der Waals surface area contributed by atoms with Gasteiger partial charge in [0, 0.05) is 33.2 Å². The second-order valence-electron chi connectivity index (χ2n) is 6.01. The summed E-state index contributed by atoms with van der Waals surface area (Å²) in [4.78, 5) is 2.41. The molecule has 1 aromatic rings. The van der Waals surface area contributed by atoms with E-state index >= 15 is 0 Å². The van der Waals surface area contributed by atoms with Gasteiger partial charge >= 0.3 is 0 Å². The summed E-state index contributed by atoms with van der Waals surface area (Å²) in [7, 11) is 2.01. The van der Waals surface area contributed by atoms with Crippen LogP contribution >= 0.6 is 0 Å². The van der Waals surface area contributed by atoms with Crippen LogP contribution in [0.2, 0.25) is 0 Å². The highest BCUT2D eigenvalue weighted by molar-refractivity contribution is 5.10. The molecule has 0 saturated carbocycles. The van der Waals surface area contributed by atoms with Crippen molar-refractivity contribution in [3.63, 3.8) is 0 Å². The van der Waals surface area contributed by atoms with E-state index in [1.54, 1.807) is 0 Å². The van der Waals surface area contributed by atoms with Crippen LogP contribution in [0.1, 0.15) is 32.2 Å². The highest BCUT2D eigenvalue weighted by atomic mass is 16.5. The van der Waals surface area contributed by atoms with Gasteiger partial charge in [0.15, 0.2) is 0 Å². The van der Waals surface area contributed by atoms with Crippen molar-refractivity contribution in [2.45, 2.75) is 45.4 Å². The standard InChI is InChI=1S/C14H26N4O/c1-5-11-6-12(17(4)16-11)8-18-9-13(7-15)19-14(2,3)10-18/h6,13H,5,7-10,15H2,1-4H3. The average Bonchev–Trinajstić information content (AvgIpc) is 2.68. The third kappa shape index (κ3) is 3.55. The smallest absolute Gasteiger partial charge is 0.0831 e. The Balaban J connectivity index is 2.06. The predicted molar refractivity (Wildman–Crippen MR) is 75.9 cm³/mol. The van der Waals surface area contributed by atoms with Gasteiger partial charge < -0.3 is 10.5 Å². The fraction of sp³-hybridized carbons (Fsp3) is 0.786. The maximum Gasteiger partial charge on any atom is 0.0831 e. The third-order valence-corrected chi connectivity index (χ3v) is 3.59. The van der Waals surface area contributed by atoms with Gasteiger partial charge in [-0.2, -0.15) is 5.10 Å². The summed E-state index contributed by atoms with van der Waals surface area (Å²) in [6, 6.07) is 2.19. The van der Waals surface area contributed by atoms with E-state index in [1.165, 1.54) is 5.69 Å². The van der Waals surface area contributed by atoms with Crippen LogP contribution < -0.4 is 5.73 Å². The number of hydrogen-bond donors (Lipinski definition) is 1. The number of nitrogens with zero attached hydrogens (tertiary/aromatic N) is 3. The van der Waals surface area contributed by atoms with Crippen LogP contribution in [0.5, 0.6) is 0 Å². The molecule has 108 valence electrons. The first-order chi connectivity index (χ1) is 8.93. The molecule has 1 atom stereocenters. The quantitative estimate of drug-likeness (QED) is 0.880. The molecule has 0 aromatic carbocycles. The van der Waals surface area contributed by atoms with E-state index in [0.717, 1.165) is 31.7 Å². The highest BCUT2D eigenvalue weighted by Crippen LogP contribution is 2.22. The van der Waals surface area contributed by atoms with Crippen molar-refractivity contribution in [2.24, 2.45) is 12.8 Å². The van der Waals surface area contributed by atoms with Gasteiger partial charge in [0.25, 0.3) is 0 Å². The second kappa shape index (κ2) is 5.61. The first-order valence-electron chi connectivity index (χ1n) is 7.05. The van der Waals surface area contributed by atoms with E-state index in [-0.39, 0.29) is 11.7 Å². The molecule has 5 heteroatoms. The van der Waals surface area contributed by atoms with E-state index in [4.69, 9.17) is 10.5 Å². The van der Waals surface area contributed by atoms with Gasteiger partial charge in [-0.05, 0) is 26.3 Å². The molecule has 2 N–H and O–H groups in total. The lowest BCUT2D eigenvalue weighted by atomic mass is 10.0. The van der Waals surface area contributed by atoms with E-state index < -0.39 is 0 Å². The Labute approximate surface area is 115 Å². The second-order valence-corrected chi connectivity index (χ2v) is 6.01. The van der Waals surface area contributed by atoms with E-state index in [9.17, 15) is 0 Å². The summed E-state index contributed by atoms with van der Waals surface area (Å²) in [5, 5.41) is 4.50. The van der Waals surface area contributed by atoms with E-state index in [1.807, 2.05) is 11.7 Å². The maximum absolute atomic E-state index is 5.96. The first kappa shape index (κ1) is 14.5. The molecule has 0 spiro atoms. The Morgan fingerprint density at radius 1 is 1.53 bits per heavy atom. The van der Waals surface area contributed by atoms with Crippen molar-refractivity contribution in [1.29, 1.82) is 0 Å². The Kier molecular flexibility index (Phi) is 4.28. The van der Waals surface area contributed by atoms with Gasteiger partial charge in [0.2, 0.25) is 0 Å². The Hall–Kier alpha value is -0.910. The molecular weight excluding hydrogens is 240 g/mol. The van der Waals surface area contributed by atoms with Gasteiger partial charge in [0.1, 0.15) is 0 Å². The Bertz CT molecular complexity index is 427. The number of aromatic nitrogens is 2. The van der Waals surface area contributed by atoms with Crippen molar-refractivity contribution in [1.82, 2.24) is 14.7 Å². The van der Waals surface area contributed by atoms with Gasteiger partial charge in [-0.3, -0.25) is 9.58 Å². The third-order valence-electron chi connectivity index (χ3n) is 3.59. The fourth-order valence-electron chi connectivity index (χ4n) is 2.78. The fourth-order valence-corrected chi connectivity index (χ4v) is 2.78. The lowest BCUT2D eigenvalue weighted by molar-refractivity contribution is -0.134. The minimum absolute atomic E-state index is 0.127. The number of nitrogens with two attached hydrogens (primary N) is 1. The van der Waals surface area contributed by atoms with Gasteiger partial charge in [-0.1, -0.05) is 6.92 Å².